The van der Waals surface area contributed by atoms with Gasteiger partial charge in [0.05, 0.1) is 5.69 Å². The van der Waals surface area contributed by atoms with Crippen molar-refractivity contribution in [3.8, 4) is 33.4 Å². The van der Waals surface area contributed by atoms with Crippen LogP contribution in [0.25, 0.3) is 97.4 Å². The minimum Gasteiger partial charge on any atom is -0.456 e. The van der Waals surface area contributed by atoms with Crippen LogP contribution in [-0.4, -0.2) is 0 Å². The summed E-state index contributed by atoms with van der Waals surface area (Å²) in [6.45, 7) is 4.81. The zero-order valence-electron chi connectivity index (χ0n) is 40.7. The summed E-state index contributed by atoms with van der Waals surface area (Å²) in [5.41, 5.74) is 19.5. The van der Waals surface area contributed by atoms with E-state index in [0.717, 1.165) is 78.0 Å². The van der Waals surface area contributed by atoms with E-state index in [-0.39, 0.29) is 5.41 Å². The third-order valence-electron chi connectivity index (χ3n) is 15.5. The number of nitrogens with zero attached hydrogens (tertiary/aromatic N) is 2. The Balaban J connectivity index is 0.928. The Morgan fingerprint density at radius 1 is 0.351 bits per heavy atom. The fraction of sp³-hybridized carbons (Fsp3) is 0.0435. The standard InChI is InChI=1S/C69H46N2O2S/c1-69(2)58-39-49(70(47-29-25-45(26-30-47)43-15-5-3-6-16-43)50-33-36-54-52-19-9-12-22-61(52)72-63(54)40-50)35-38-56(58)66-59(69)42-60(67-57-21-11-14-24-65(57)74-68(66)67)71(48-31-27-46(28-32-48)44-17-7-4-8-18-44)51-34-37-55-53-20-10-13-23-62(53)73-64(55)41-51/h3-42H,1-2H3. The molecule has 74 heavy (non-hydrogen) atoms. The molecule has 0 aliphatic heterocycles. The lowest BCUT2D eigenvalue weighted by Gasteiger charge is -2.30. The van der Waals surface area contributed by atoms with Crippen molar-refractivity contribution in [2.45, 2.75) is 19.3 Å². The predicted octanol–water partition coefficient (Wildman–Crippen LogP) is 20.4. The highest BCUT2D eigenvalue weighted by Crippen LogP contribution is 2.59. The molecule has 0 saturated heterocycles. The number of rotatable bonds is 8. The molecule has 11 aromatic carbocycles. The van der Waals surface area contributed by atoms with Crippen LogP contribution in [0, 0.1) is 0 Å². The van der Waals surface area contributed by atoms with E-state index < -0.39 is 0 Å². The van der Waals surface area contributed by atoms with Crippen LogP contribution in [0.5, 0.6) is 0 Å². The third-order valence-corrected chi connectivity index (χ3v) is 16.6. The smallest absolute Gasteiger partial charge is 0.137 e. The summed E-state index contributed by atoms with van der Waals surface area (Å²) >= 11 is 1.90. The largest absolute Gasteiger partial charge is 0.456 e. The van der Waals surface area contributed by atoms with Gasteiger partial charge in [0.1, 0.15) is 22.3 Å². The average Bonchev–Trinajstić information content (AvgIpc) is 4.20. The third kappa shape index (κ3) is 6.60. The van der Waals surface area contributed by atoms with E-state index in [1.165, 1.54) is 64.7 Å². The molecular formula is C69H46N2O2S. The maximum Gasteiger partial charge on any atom is 0.137 e. The molecule has 5 heteroatoms. The Kier molecular flexibility index (Phi) is 9.44. The van der Waals surface area contributed by atoms with E-state index in [1.807, 2.05) is 23.5 Å². The molecule has 0 radical (unpaired) electrons. The highest BCUT2D eigenvalue weighted by molar-refractivity contribution is 7.26. The number of benzene rings is 11. The van der Waals surface area contributed by atoms with Crippen molar-refractivity contribution in [3.05, 3.63) is 254 Å². The molecule has 0 unspecified atom stereocenters. The minimum absolute atomic E-state index is 0.378. The monoisotopic (exact) mass is 966 g/mol. The lowest BCUT2D eigenvalue weighted by molar-refractivity contribution is 0.661. The molecular weight excluding hydrogens is 921 g/mol. The summed E-state index contributed by atoms with van der Waals surface area (Å²) in [5.74, 6) is 0. The lowest BCUT2D eigenvalue weighted by Crippen LogP contribution is -2.18. The summed E-state index contributed by atoms with van der Waals surface area (Å²) in [5, 5.41) is 6.94. The van der Waals surface area contributed by atoms with E-state index in [0.29, 0.717) is 0 Å². The summed E-state index contributed by atoms with van der Waals surface area (Å²) in [4.78, 5) is 4.85. The van der Waals surface area contributed by atoms with Gasteiger partial charge in [-0.1, -0.05) is 159 Å². The zero-order valence-corrected chi connectivity index (χ0v) is 41.5. The van der Waals surface area contributed by atoms with Crippen LogP contribution in [0.3, 0.4) is 0 Å². The van der Waals surface area contributed by atoms with E-state index in [4.69, 9.17) is 8.83 Å². The molecule has 0 amide bonds. The van der Waals surface area contributed by atoms with Gasteiger partial charge in [-0.3, -0.25) is 0 Å². The Bertz CT molecular complexity index is 4510. The normalized spacial score (nSPS) is 12.8. The predicted molar refractivity (Wildman–Crippen MR) is 312 cm³/mol. The topological polar surface area (TPSA) is 32.8 Å². The lowest BCUT2D eigenvalue weighted by atomic mass is 9.81. The SMILES string of the molecule is CC1(C)c2cc(N(c3ccc(-c4ccccc4)cc3)c3ccc4c(c3)oc3ccccc34)ccc2-c2c1cc(N(c1ccc(-c3ccccc3)cc1)c1ccc3c(c1)oc1ccccc13)c1c2sc2ccccc21. The molecule has 0 atom stereocenters. The summed E-state index contributed by atoms with van der Waals surface area (Å²) < 4.78 is 15.7. The summed E-state index contributed by atoms with van der Waals surface area (Å²) in [6.07, 6.45) is 0. The molecule has 4 nitrogen and oxygen atoms in total. The average molecular weight is 967 g/mol. The van der Waals surface area contributed by atoms with Crippen LogP contribution in [0.15, 0.2) is 251 Å². The molecule has 350 valence electrons. The van der Waals surface area contributed by atoms with Crippen molar-refractivity contribution >= 4 is 110 Å². The second-order valence-electron chi connectivity index (χ2n) is 20.0. The number of thiophene rings is 1. The van der Waals surface area contributed by atoms with Crippen LogP contribution < -0.4 is 9.80 Å². The second-order valence-corrected chi connectivity index (χ2v) is 21.1. The fourth-order valence-electron chi connectivity index (χ4n) is 11.8. The Labute approximate surface area is 432 Å². The highest BCUT2D eigenvalue weighted by Gasteiger charge is 2.40. The molecule has 0 fully saturated rings. The molecule has 1 aliphatic rings. The molecule has 0 bridgehead atoms. The summed E-state index contributed by atoms with van der Waals surface area (Å²) in [7, 11) is 0. The molecule has 0 spiro atoms. The first-order valence-electron chi connectivity index (χ1n) is 25.3. The van der Waals surface area contributed by atoms with Gasteiger partial charge in [0.15, 0.2) is 0 Å². The number of hydrogen-bond donors (Lipinski definition) is 0. The quantitative estimate of drug-likeness (QED) is 0.152. The first kappa shape index (κ1) is 42.5. The van der Waals surface area contributed by atoms with Gasteiger partial charge in [0.25, 0.3) is 0 Å². The van der Waals surface area contributed by atoms with Gasteiger partial charge in [-0.2, -0.15) is 0 Å². The van der Waals surface area contributed by atoms with Crippen molar-refractivity contribution in [1.82, 2.24) is 0 Å². The molecule has 0 N–H and O–H groups in total. The van der Waals surface area contributed by atoms with Gasteiger partial charge >= 0.3 is 0 Å². The van der Waals surface area contributed by atoms with E-state index in [9.17, 15) is 0 Å². The van der Waals surface area contributed by atoms with Gasteiger partial charge in [-0.05, 0) is 124 Å². The number of fused-ring (bicyclic) bond motifs is 13. The van der Waals surface area contributed by atoms with Crippen LogP contribution in [-0.2, 0) is 5.41 Å². The Morgan fingerprint density at radius 2 is 0.797 bits per heavy atom. The van der Waals surface area contributed by atoms with Crippen LogP contribution in [0.2, 0.25) is 0 Å². The fourth-order valence-corrected chi connectivity index (χ4v) is 13.1. The zero-order chi connectivity index (χ0) is 49.1. The summed E-state index contributed by atoms with van der Waals surface area (Å²) in [6, 6.07) is 87.8. The van der Waals surface area contributed by atoms with Gasteiger partial charge in [0.2, 0.25) is 0 Å². The van der Waals surface area contributed by atoms with Crippen LogP contribution in [0.1, 0.15) is 25.0 Å². The van der Waals surface area contributed by atoms with E-state index in [1.54, 1.807) is 0 Å². The maximum atomic E-state index is 6.61. The van der Waals surface area contributed by atoms with Crippen molar-refractivity contribution in [3.63, 3.8) is 0 Å². The Hall–Kier alpha value is -9.16. The molecule has 14 aromatic rings. The van der Waals surface area contributed by atoms with Crippen molar-refractivity contribution < 1.29 is 8.83 Å². The van der Waals surface area contributed by atoms with Crippen molar-refractivity contribution in [1.29, 1.82) is 0 Å². The molecule has 1 aliphatic carbocycles. The molecule has 3 heterocycles. The number of furan rings is 2. The first-order chi connectivity index (χ1) is 36.4. The minimum atomic E-state index is -0.378. The van der Waals surface area contributed by atoms with Gasteiger partial charge in [-0.15, -0.1) is 11.3 Å². The first-order valence-corrected chi connectivity index (χ1v) is 26.1. The van der Waals surface area contributed by atoms with E-state index in [2.05, 4.69) is 254 Å². The van der Waals surface area contributed by atoms with E-state index >= 15 is 0 Å². The molecule has 3 aromatic heterocycles. The van der Waals surface area contributed by atoms with Crippen LogP contribution >= 0.6 is 11.3 Å². The highest BCUT2D eigenvalue weighted by atomic mass is 32.1. The second kappa shape index (κ2) is 16.4. The molecule has 15 rings (SSSR count). The number of hydrogen-bond acceptors (Lipinski definition) is 5. The Morgan fingerprint density at radius 3 is 1.39 bits per heavy atom. The molecule has 0 saturated carbocycles. The van der Waals surface area contributed by atoms with Crippen molar-refractivity contribution in [2.24, 2.45) is 0 Å². The van der Waals surface area contributed by atoms with Gasteiger partial charge < -0.3 is 18.6 Å². The maximum absolute atomic E-state index is 6.61. The van der Waals surface area contributed by atoms with Crippen LogP contribution in [0.4, 0.5) is 34.1 Å². The van der Waals surface area contributed by atoms with Crippen molar-refractivity contribution in [2.75, 3.05) is 9.80 Å². The van der Waals surface area contributed by atoms with Gasteiger partial charge in [0, 0.05) is 93.3 Å². The number of para-hydroxylation sites is 2. The van der Waals surface area contributed by atoms with Gasteiger partial charge in [-0.25, -0.2) is 0 Å². The number of anilines is 6.